The van der Waals surface area contributed by atoms with Crippen molar-refractivity contribution in [2.24, 2.45) is 0 Å². The highest BCUT2D eigenvalue weighted by atomic mass is 79.9. The van der Waals surface area contributed by atoms with Gasteiger partial charge in [-0.1, -0.05) is 12.1 Å². The highest BCUT2D eigenvalue weighted by Gasteiger charge is 2.09. The third-order valence-corrected chi connectivity index (χ3v) is 4.50. The molecule has 1 aromatic carbocycles. The van der Waals surface area contributed by atoms with Gasteiger partial charge in [0.15, 0.2) is 16.7 Å². The number of thiazole rings is 1. The van der Waals surface area contributed by atoms with Crippen molar-refractivity contribution in [1.82, 2.24) is 9.97 Å². The van der Waals surface area contributed by atoms with E-state index in [1.54, 1.807) is 13.3 Å². The second kappa shape index (κ2) is 7.63. The van der Waals surface area contributed by atoms with Gasteiger partial charge in [0, 0.05) is 16.0 Å². The fourth-order valence-corrected chi connectivity index (χ4v) is 3.06. The van der Waals surface area contributed by atoms with Gasteiger partial charge in [-0.15, -0.1) is 11.3 Å². The summed E-state index contributed by atoms with van der Waals surface area (Å²) in [5.74, 6) is 2.09. The molecule has 7 heteroatoms. The molecule has 0 aliphatic heterocycles. The van der Waals surface area contributed by atoms with Crippen LogP contribution in [0, 0.1) is 6.92 Å². The Balaban J connectivity index is 1.77. The van der Waals surface area contributed by atoms with E-state index in [2.05, 4.69) is 31.2 Å². The van der Waals surface area contributed by atoms with E-state index < -0.39 is 0 Å². The summed E-state index contributed by atoms with van der Waals surface area (Å²) in [5, 5.41) is 5.97. The molecule has 124 valence electrons. The number of ether oxygens (including phenoxy) is 2. The topological polar surface area (TPSA) is 56.3 Å². The monoisotopic (exact) mass is 405 g/mol. The largest absolute Gasteiger partial charge is 0.497 e. The van der Waals surface area contributed by atoms with Gasteiger partial charge in [-0.25, -0.2) is 9.97 Å². The molecule has 0 saturated carbocycles. The van der Waals surface area contributed by atoms with Crippen LogP contribution < -0.4 is 14.8 Å². The summed E-state index contributed by atoms with van der Waals surface area (Å²) >= 11 is 4.96. The van der Waals surface area contributed by atoms with Crippen molar-refractivity contribution in [3.8, 4) is 11.5 Å². The van der Waals surface area contributed by atoms with Crippen LogP contribution in [0.4, 0.5) is 10.9 Å². The molecule has 5 nitrogen and oxygen atoms in total. The highest BCUT2D eigenvalue weighted by molar-refractivity contribution is 9.10. The quantitative estimate of drug-likeness (QED) is 0.629. The van der Waals surface area contributed by atoms with E-state index in [9.17, 15) is 0 Å². The number of hydrogen-bond acceptors (Lipinski definition) is 6. The third-order valence-electron chi connectivity index (χ3n) is 3.19. The molecule has 0 spiro atoms. The van der Waals surface area contributed by atoms with Crippen LogP contribution in [0.25, 0.3) is 0 Å². The van der Waals surface area contributed by atoms with E-state index in [0.29, 0.717) is 18.2 Å². The van der Waals surface area contributed by atoms with Crippen LogP contribution in [0.1, 0.15) is 11.3 Å². The van der Waals surface area contributed by atoms with Gasteiger partial charge in [0.1, 0.15) is 12.4 Å². The smallest absolute Gasteiger partial charge is 0.188 e. The van der Waals surface area contributed by atoms with Gasteiger partial charge < -0.3 is 14.8 Å². The summed E-state index contributed by atoms with van der Waals surface area (Å²) in [6.45, 7) is 2.37. The minimum atomic E-state index is 0.418. The Morgan fingerprint density at radius 1 is 1.29 bits per heavy atom. The SMILES string of the molecule is COc1cccc(COc2cc(Br)cnc2Nc2nc(C)cs2)c1. The fourth-order valence-electron chi connectivity index (χ4n) is 2.06. The molecule has 3 rings (SSSR count). The average molecular weight is 406 g/mol. The lowest BCUT2D eigenvalue weighted by atomic mass is 10.2. The molecule has 0 aliphatic carbocycles. The molecule has 3 aromatic rings. The Hall–Kier alpha value is -2.12. The van der Waals surface area contributed by atoms with Crippen molar-refractivity contribution in [3.05, 3.63) is 57.6 Å². The fraction of sp³-hybridized carbons (Fsp3) is 0.176. The molecule has 2 heterocycles. The predicted octanol–water partition coefficient (Wildman–Crippen LogP) is 4.94. The first-order valence-corrected chi connectivity index (χ1v) is 8.92. The number of nitrogens with one attached hydrogen (secondary N) is 1. The van der Waals surface area contributed by atoms with E-state index in [1.165, 1.54) is 11.3 Å². The number of anilines is 2. The van der Waals surface area contributed by atoms with Crippen molar-refractivity contribution < 1.29 is 9.47 Å². The molecule has 0 unspecified atom stereocenters. The summed E-state index contributed by atoms with van der Waals surface area (Å²) in [4.78, 5) is 8.78. The zero-order valence-electron chi connectivity index (χ0n) is 13.2. The maximum Gasteiger partial charge on any atom is 0.188 e. The van der Waals surface area contributed by atoms with Crippen LogP contribution in [0.5, 0.6) is 11.5 Å². The van der Waals surface area contributed by atoms with Crippen LogP contribution in [-0.2, 0) is 6.61 Å². The minimum absolute atomic E-state index is 0.418. The number of nitrogens with zero attached hydrogens (tertiary/aromatic N) is 2. The molecule has 0 amide bonds. The van der Waals surface area contributed by atoms with Crippen molar-refractivity contribution in [2.45, 2.75) is 13.5 Å². The van der Waals surface area contributed by atoms with E-state index >= 15 is 0 Å². The lowest BCUT2D eigenvalue weighted by molar-refractivity contribution is 0.305. The summed E-state index contributed by atoms with van der Waals surface area (Å²) < 4.78 is 12.0. The van der Waals surface area contributed by atoms with Gasteiger partial charge in [-0.05, 0) is 46.6 Å². The van der Waals surface area contributed by atoms with Gasteiger partial charge in [-0.2, -0.15) is 0 Å². The minimum Gasteiger partial charge on any atom is -0.497 e. The summed E-state index contributed by atoms with van der Waals surface area (Å²) in [7, 11) is 1.65. The standard InChI is InChI=1S/C17H16BrN3O2S/c1-11-10-24-17(20-11)21-16-15(7-13(18)8-19-16)23-9-12-4-3-5-14(6-12)22-2/h3-8,10H,9H2,1-2H3,(H,19,20,21). The Morgan fingerprint density at radius 3 is 2.92 bits per heavy atom. The predicted molar refractivity (Wildman–Crippen MR) is 99.4 cm³/mol. The molecule has 1 N–H and O–H groups in total. The van der Waals surface area contributed by atoms with E-state index in [0.717, 1.165) is 26.6 Å². The number of aromatic nitrogens is 2. The van der Waals surface area contributed by atoms with Crippen LogP contribution in [0.2, 0.25) is 0 Å². The lowest BCUT2D eigenvalue weighted by Gasteiger charge is -2.12. The summed E-state index contributed by atoms with van der Waals surface area (Å²) in [6, 6.07) is 9.67. The van der Waals surface area contributed by atoms with Gasteiger partial charge in [0.05, 0.1) is 12.8 Å². The molecule has 0 atom stereocenters. The number of pyridine rings is 1. The lowest BCUT2D eigenvalue weighted by Crippen LogP contribution is -2.01. The number of hydrogen-bond donors (Lipinski definition) is 1. The number of benzene rings is 1. The first kappa shape index (κ1) is 16.7. The van der Waals surface area contributed by atoms with Gasteiger partial charge in [0.25, 0.3) is 0 Å². The number of rotatable bonds is 6. The summed E-state index contributed by atoms with van der Waals surface area (Å²) in [6.07, 6.45) is 1.72. The number of methoxy groups -OCH3 is 1. The Morgan fingerprint density at radius 2 is 2.17 bits per heavy atom. The molecule has 0 radical (unpaired) electrons. The molecule has 2 aromatic heterocycles. The highest BCUT2D eigenvalue weighted by Crippen LogP contribution is 2.30. The number of aryl methyl sites for hydroxylation is 1. The second-order valence-corrected chi connectivity index (χ2v) is 6.83. The maximum absolute atomic E-state index is 5.95. The molecular weight excluding hydrogens is 390 g/mol. The number of halogens is 1. The molecule has 0 saturated heterocycles. The maximum atomic E-state index is 5.95. The zero-order valence-corrected chi connectivity index (χ0v) is 15.6. The Labute approximate surface area is 152 Å². The van der Waals surface area contributed by atoms with E-state index in [-0.39, 0.29) is 0 Å². The molecule has 0 fully saturated rings. The average Bonchev–Trinajstić information content (AvgIpc) is 3.00. The van der Waals surface area contributed by atoms with Gasteiger partial charge in [0.2, 0.25) is 0 Å². The van der Waals surface area contributed by atoms with E-state index in [4.69, 9.17) is 9.47 Å². The van der Waals surface area contributed by atoms with E-state index in [1.807, 2.05) is 42.6 Å². The molecule has 24 heavy (non-hydrogen) atoms. The second-order valence-electron chi connectivity index (χ2n) is 5.06. The van der Waals surface area contributed by atoms with Crippen LogP contribution in [0.3, 0.4) is 0 Å². The van der Waals surface area contributed by atoms with Crippen molar-refractivity contribution >= 4 is 38.2 Å². The first-order chi connectivity index (χ1) is 11.6. The zero-order chi connectivity index (χ0) is 16.9. The Bertz CT molecular complexity index is 838. The van der Waals surface area contributed by atoms with Crippen LogP contribution >= 0.6 is 27.3 Å². The Kier molecular flexibility index (Phi) is 5.32. The third kappa shape index (κ3) is 4.24. The first-order valence-electron chi connectivity index (χ1n) is 7.24. The normalized spacial score (nSPS) is 10.5. The van der Waals surface area contributed by atoms with Crippen molar-refractivity contribution in [2.75, 3.05) is 12.4 Å². The molecular formula is C17H16BrN3O2S. The van der Waals surface area contributed by atoms with Crippen molar-refractivity contribution in [1.29, 1.82) is 0 Å². The molecule has 0 bridgehead atoms. The van der Waals surface area contributed by atoms with Crippen LogP contribution in [0.15, 0.2) is 46.4 Å². The van der Waals surface area contributed by atoms with Gasteiger partial charge >= 0.3 is 0 Å². The molecule has 0 aliphatic rings. The van der Waals surface area contributed by atoms with Gasteiger partial charge in [-0.3, -0.25) is 0 Å². The van der Waals surface area contributed by atoms with Crippen molar-refractivity contribution in [3.63, 3.8) is 0 Å². The summed E-state index contributed by atoms with van der Waals surface area (Å²) in [5.41, 5.74) is 1.99. The van der Waals surface area contributed by atoms with Crippen LogP contribution in [-0.4, -0.2) is 17.1 Å².